The Morgan fingerprint density at radius 2 is 2.35 bits per heavy atom. The molecule has 0 spiro atoms. The highest BCUT2D eigenvalue weighted by molar-refractivity contribution is 9.10. The van der Waals surface area contributed by atoms with Crippen LogP contribution < -0.4 is 5.32 Å². The molecule has 0 atom stereocenters. The lowest BCUT2D eigenvalue weighted by molar-refractivity contribution is 0.0949. The van der Waals surface area contributed by atoms with E-state index in [-0.39, 0.29) is 5.56 Å². The molecule has 0 aliphatic rings. The largest absolute Gasteiger partial charge is 0.352 e. The van der Waals surface area contributed by atoms with E-state index in [0.717, 1.165) is 0 Å². The van der Waals surface area contributed by atoms with E-state index in [1.807, 2.05) is 0 Å². The lowest BCUT2D eigenvalue weighted by atomic mass is 10.2. The number of rotatable bonds is 5. The molecule has 1 aromatic carbocycles. The van der Waals surface area contributed by atoms with E-state index < -0.39 is 11.7 Å². The molecular weight excluding hydrogens is 291 g/mol. The fourth-order valence-electron chi connectivity index (χ4n) is 1.16. The molecule has 1 amide bonds. The van der Waals surface area contributed by atoms with Gasteiger partial charge in [-0.25, -0.2) is 4.39 Å². The molecule has 1 rings (SSSR count). The van der Waals surface area contributed by atoms with Crippen molar-refractivity contribution >= 4 is 21.8 Å². The predicted molar refractivity (Wildman–Crippen MR) is 65.1 cm³/mol. The van der Waals surface area contributed by atoms with Crippen molar-refractivity contribution in [2.24, 2.45) is 5.11 Å². The van der Waals surface area contributed by atoms with Crippen molar-refractivity contribution in [3.8, 4) is 0 Å². The van der Waals surface area contributed by atoms with Crippen molar-refractivity contribution in [2.75, 3.05) is 13.1 Å². The smallest absolute Gasteiger partial charge is 0.254 e. The van der Waals surface area contributed by atoms with Gasteiger partial charge >= 0.3 is 0 Å². The molecule has 0 aliphatic heterocycles. The summed E-state index contributed by atoms with van der Waals surface area (Å²) in [4.78, 5) is 14.2. The average Bonchev–Trinajstić information content (AvgIpc) is 2.32. The monoisotopic (exact) mass is 300 g/mol. The standard InChI is InChI=1S/C10H10BrFN4O/c11-7-2-3-9(12)8(6-7)10(17)14-4-1-5-15-16-13/h2-3,6H,1,4-5H2,(H,14,17). The molecule has 1 N–H and O–H groups in total. The van der Waals surface area contributed by atoms with Gasteiger partial charge in [-0.1, -0.05) is 21.0 Å². The van der Waals surface area contributed by atoms with Gasteiger partial charge in [-0.3, -0.25) is 4.79 Å². The lowest BCUT2D eigenvalue weighted by Crippen LogP contribution is -2.25. The predicted octanol–water partition coefficient (Wildman–Crippen LogP) is 3.02. The van der Waals surface area contributed by atoms with Crippen LogP contribution in [0.5, 0.6) is 0 Å². The molecule has 0 saturated carbocycles. The third kappa shape index (κ3) is 4.42. The van der Waals surface area contributed by atoms with Gasteiger partial charge in [-0.2, -0.15) is 0 Å². The third-order valence-corrected chi connectivity index (χ3v) is 2.45. The van der Waals surface area contributed by atoms with Crippen molar-refractivity contribution in [3.63, 3.8) is 0 Å². The molecule has 90 valence electrons. The second kappa shape index (κ2) is 6.88. The van der Waals surface area contributed by atoms with E-state index >= 15 is 0 Å². The molecule has 0 bridgehead atoms. The summed E-state index contributed by atoms with van der Waals surface area (Å²) in [5.41, 5.74) is 8.02. The number of hydrogen-bond donors (Lipinski definition) is 1. The zero-order chi connectivity index (χ0) is 12.7. The molecule has 0 aliphatic carbocycles. The van der Waals surface area contributed by atoms with Gasteiger partial charge in [0, 0.05) is 22.5 Å². The Bertz CT molecular complexity index is 460. The summed E-state index contributed by atoms with van der Waals surface area (Å²) in [6.07, 6.45) is 0.519. The number of amides is 1. The number of azide groups is 1. The van der Waals surface area contributed by atoms with Crippen molar-refractivity contribution in [3.05, 3.63) is 44.5 Å². The van der Waals surface area contributed by atoms with Crippen LogP contribution in [-0.2, 0) is 0 Å². The number of nitrogens with zero attached hydrogens (tertiary/aromatic N) is 3. The second-order valence-electron chi connectivity index (χ2n) is 3.19. The van der Waals surface area contributed by atoms with Gasteiger partial charge < -0.3 is 5.32 Å². The molecule has 0 heterocycles. The van der Waals surface area contributed by atoms with E-state index in [0.29, 0.717) is 24.0 Å². The van der Waals surface area contributed by atoms with Crippen LogP contribution in [-0.4, -0.2) is 19.0 Å². The Hall–Kier alpha value is -1.59. The molecule has 17 heavy (non-hydrogen) atoms. The van der Waals surface area contributed by atoms with Crippen LogP contribution in [0.25, 0.3) is 10.4 Å². The van der Waals surface area contributed by atoms with E-state index in [1.54, 1.807) is 0 Å². The SMILES string of the molecule is [N-]=[N+]=NCCCNC(=O)c1cc(Br)ccc1F. The lowest BCUT2D eigenvalue weighted by Gasteiger charge is -2.05. The van der Waals surface area contributed by atoms with Crippen LogP contribution in [0.3, 0.4) is 0 Å². The Labute approximate surface area is 106 Å². The molecule has 0 saturated heterocycles. The average molecular weight is 301 g/mol. The fourth-order valence-corrected chi connectivity index (χ4v) is 1.52. The first kappa shape index (κ1) is 13.5. The summed E-state index contributed by atoms with van der Waals surface area (Å²) in [6.45, 7) is 0.640. The highest BCUT2D eigenvalue weighted by atomic mass is 79.9. The number of carbonyl (C=O) groups excluding carboxylic acids is 1. The van der Waals surface area contributed by atoms with Crippen LogP contribution in [0.15, 0.2) is 27.8 Å². The van der Waals surface area contributed by atoms with E-state index in [2.05, 4.69) is 31.3 Å². The summed E-state index contributed by atoms with van der Waals surface area (Å²) >= 11 is 3.17. The van der Waals surface area contributed by atoms with E-state index in [1.165, 1.54) is 18.2 Å². The molecule has 0 radical (unpaired) electrons. The van der Waals surface area contributed by atoms with Gasteiger partial charge in [-0.05, 0) is 30.2 Å². The van der Waals surface area contributed by atoms with Gasteiger partial charge in [0.1, 0.15) is 5.82 Å². The first-order valence-corrected chi connectivity index (χ1v) is 5.68. The molecule has 7 heteroatoms. The maximum absolute atomic E-state index is 13.3. The van der Waals surface area contributed by atoms with E-state index in [9.17, 15) is 9.18 Å². The van der Waals surface area contributed by atoms with Crippen LogP contribution in [0, 0.1) is 5.82 Å². The summed E-state index contributed by atoms with van der Waals surface area (Å²) in [7, 11) is 0. The van der Waals surface area contributed by atoms with Gasteiger partial charge in [0.15, 0.2) is 0 Å². The number of carbonyl (C=O) groups is 1. The van der Waals surface area contributed by atoms with Gasteiger partial charge in [-0.15, -0.1) is 0 Å². The highest BCUT2D eigenvalue weighted by Crippen LogP contribution is 2.15. The zero-order valence-corrected chi connectivity index (χ0v) is 10.4. The molecule has 0 aromatic heterocycles. The second-order valence-corrected chi connectivity index (χ2v) is 4.10. The minimum Gasteiger partial charge on any atom is -0.352 e. The molecular formula is C10H10BrFN4O. The summed E-state index contributed by atoms with van der Waals surface area (Å²) in [5, 5.41) is 5.86. The molecule has 1 aromatic rings. The van der Waals surface area contributed by atoms with Gasteiger partial charge in [0.25, 0.3) is 5.91 Å². The Morgan fingerprint density at radius 3 is 3.06 bits per heavy atom. The topological polar surface area (TPSA) is 77.9 Å². The van der Waals surface area contributed by atoms with Crippen LogP contribution >= 0.6 is 15.9 Å². The number of nitrogens with one attached hydrogen (secondary N) is 1. The quantitative estimate of drug-likeness (QED) is 0.386. The summed E-state index contributed by atoms with van der Waals surface area (Å²) < 4.78 is 13.9. The normalized spacial score (nSPS) is 9.53. The molecule has 0 fully saturated rings. The minimum absolute atomic E-state index is 0.0110. The molecule has 0 unspecified atom stereocenters. The third-order valence-electron chi connectivity index (χ3n) is 1.96. The van der Waals surface area contributed by atoms with Crippen molar-refractivity contribution in [2.45, 2.75) is 6.42 Å². The van der Waals surface area contributed by atoms with Crippen molar-refractivity contribution in [1.29, 1.82) is 0 Å². The zero-order valence-electron chi connectivity index (χ0n) is 8.86. The maximum atomic E-state index is 13.3. The Kier molecular flexibility index (Phi) is 5.45. The van der Waals surface area contributed by atoms with Crippen molar-refractivity contribution < 1.29 is 9.18 Å². The number of halogens is 2. The fraction of sp³-hybridized carbons (Fsp3) is 0.300. The first-order chi connectivity index (χ1) is 8.15. The first-order valence-electron chi connectivity index (χ1n) is 4.89. The van der Waals surface area contributed by atoms with E-state index in [4.69, 9.17) is 5.53 Å². The Balaban J connectivity index is 2.52. The van der Waals surface area contributed by atoms with Crippen LogP contribution in [0.2, 0.25) is 0 Å². The van der Waals surface area contributed by atoms with Gasteiger partial charge in [0.05, 0.1) is 5.56 Å². The van der Waals surface area contributed by atoms with Crippen molar-refractivity contribution in [1.82, 2.24) is 5.32 Å². The van der Waals surface area contributed by atoms with Gasteiger partial charge in [0.2, 0.25) is 0 Å². The number of benzene rings is 1. The Morgan fingerprint density at radius 1 is 1.59 bits per heavy atom. The van der Waals surface area contributed by atoms with Crippen LogP contribution in [0.4, 0.5) is 4.39 Å². The summed E-state index contributed by atoms with van der Waals surface area (Å²) in [5.74, 6) is -1.05. The summed E-state index contributed by atoms with van der Waals surface area (Å²) in [6, 6.07) is 4.16. The number of hydrogen-bond acceptors (Lipinski definition) is 2. The van der Waals surface area contributed by atoms with Crippen LogP contribution in [0.1, 0.15) is 16.8 Å². The highest BCUT2D eigenvalue weighted by Gasteiger charge is 2.10. The molecule has 5 nitrogen and oxygen atoms in total. The minimum atomic E-state index is -0.569. The maximum Gasteiger partial charge on any atom is 0.254 e.